The number of carboxylic acids is 1. The highest BCUT2D eigenvalue weighted by Gasteiger charge is 2.50. The monoisotopic (exact) mass is 1100 g/mol. The van der Waals surface area contributed by atoms with E-state index >= 15 is 0 Å². The van der Waals surface area contributed by atoms with Crippen molar-refractivity contribution in [3.63, 3.8) is 0 Å². The molecule has 0 saturated carbocycles. The lowest BCUT2D eigenvalue weighted by Crippen LogP contribution is -2.61. The number of carboxylic acid groups (broad SMARTS) is 1. The molecule has 6 atom stereocenters. The first-order valence-corrected chi connectivity index (χ1v) is 29.8. The fraction of sp³-hybridized carbons (Fsp3) is 0.582. The molecule has 0 aliphatic carbocycles. The lowest BCUT2D eigenvalue weighted by atomic mass is 9.98. The van der Waals surface area contributed by atoms with Crippen molar-refractivity contribution in [2.75, 3.05) is 13.2 Å². The maximum atomic E-state index is 13.1. The van der Waals surface area contributed by atoms with Gasteiger partial charge in [-0.2, -0.15) is 0 Å². The highest BCUT2D eigenvalue weighted by atomic mass is 16.7. The van der Waals surface area contributed by atoms with E-state index in [4.69, 9.17) is 23.7 Å². The number of rotatable bonds is 48. The van der Waals surface area contributed by atoms with E-state index in [0.29, 0.717) is 25.7 Å². The van der Waals surface area contributed by atoms with Crippen molar-refractivity contribution in [3.8, 4) is 0 Å². The maximum Gasteiger partial charge on any atom is 0.335 e. The van der Waals surface area contributed by atoms with Gasteiger partial charge in [-0.25, -0.2) is 4.79 Å². The third-order valence-corrected chi connectivity index (χ3v) is 12.4. The zero-order valence-corrected chi connectivity index (χ0v) is 48.5. The summed E-state index contributed by atoms with van der Waals surface area (Å²) in [6, 6.07) is 0. The molecule has 0 radical (unpaired) electrons. The fourth-order valence-electron chi connectivity index (χ4n) is 7.95. The Balaban J connectivity index is 2.74. The highest BCUT2D eigenvalue weighted by Crippen LogP contribution is 2.26. The molecular weight excluding hydrogens is 997 g/mol. The normalized spacial score (nSPS) is 18.9. The minimum absolute atomic E-state index is 0.0249. The number of aliphatic hydroxyl groups excluding tert-OH is 2. The Morgan fingerprint density at radius 2 is 0.785 bits per heavy atom. The van der Waals surface area contributed by atoms with Crippen LogP contribution in [0.1, 0.15) is 201 Å². The van der Waals surface area contributed by atoms with Gasteiger partial charge < -0.3 is 39.0 Å². The molecule has 0 amide bonds. The van der Waals surface area contributed by atoms with Crippen LogP contribution in [-0.4, -0.2) is 89.2 Å². The Kier molecular flexibility index (Phi) is 48.3. The van der Waals surface area contributed by atoms with Crippen molar-refractivity contribution in [1.82, 2.24) is 0 Å². The minimum atomic E-state index is -1.93. The predicted octanol–water partition coefficient (Wildman–Crippen LogP) is 15.6. The van der Waals surface area contributed by atoms with Crippen LogP contribution >= 0.6 is 0 Å². The van der Waals surface area contributed by atoms with Crippen LogP contribution in [0.2, 0.25) is 0 Å². The van der Waals surface area contributed by atoms with Gasteiger partial charge in [0.1, 0.15) is 18.8 Å². The Morgan fingerprint density at radius 3 is 1.20 bits per heavy atom. The van der Waals surface area contributed by atoms with Crippen LogP contribution in [0.4, 0.5) is 0 Å². The number of esters is 3. The van der Waals surface area contributed by atoms with E-state index in [-0.39, 0.29) is 25.9 Å². The van der Waals surface area contributed by atoms with Crippen LogP contribution in [0.5, 0.6) is 0 Å². The molecule has 442 valence electrons. The molecule has 0 spiro atoms. The standard InChI is InChI=1S/C67H102O12/c1-4-7-10-13-16-19-22-25-27-29-30-32-34-37-40-43-46-49-52-55-61(70)78-65-63(72)62(71)64(66(73)74)79-67(65)76-57-58(77-60(69)54-51-48-45-42-39-35-24-21-18-15-12-9-6-3)56-75-59(68)53-50-47-44-41-38-36-33-31-28-26-23-20-17-14-11-8-5-2/h7-12,16-21,25-28,30,32-33,35-36,39,45,48,58,62-65,67,71-72H,4-6,13-15,22-24,29,31,34,37-38,40-44,46-47,49-57H2,1-3H3,(H,73,74)/b10-7-,11-8-,12-9-,19-16-,20-17-,21-18-,27-25-,28-26-,32-30-,36-33-,39-35-,48-45-. The maximum absolute atomic E-state index is 13.1. The summed E-state index contributed by atoms with van der Waals surface area (Å²) in [7, 11) is 0. The van der Waals surface area contributed by atoms with Crippen molar-refractivity contribution >= 4 is 23.9 Å². The highest BCUT2D eigenvalue weighted by molar-refractivity contribution is 5.74. The van der Waals surface area contributed by atoms with E-state index in [1.54, 1.807) is 0 Å². The Morgan fingerprint density at radius 1 is 0.418 bits per heavy atom. The molecule has 3 N–H and O–H groups in total. The second kappa shape index (κ2) is 53.3. The molecule has 0 bridgehead atoms. The number of carbonyl (C=O) groups excluding carboxylic acids is 3. The SMILES string of the molecule is CC/C=C\C/C=C\C/C=C\C/C=C\CCCCCCCCC(=O)OC1C(OCC(COC(=O)CCCCCC/C=C\C/C=C\C/C=C\C/C=C\CC)OC(=O)CC/C=C\C/C=C\C/C=C\C/C=C\CC)OC(C(=O)O)C(O)C1O. The van der Waals surface area contributed by atoms with Crippen LogP contribution in [0.3, 0.4) is 0 Å². The smallest absolute Gasteiger partial charge is 0.335 e. The first-order chi connectivity index (χ1) is 38.6. The van der Waals surface area contributed by atoms with Gasteiger partial charge >= 0.3 is 23.9 Å². The fourth-order valence-corrected chi connectivity index (χ4v) is 7.95. The third kappa shape index (κ3) is 43.1. The summed E-state index contributed by atoms with van der Waals surface area (Å²) in [6.07, 6.45) is 64.0. The van der Waals surface area contributed by atoms with E-state index in [1.165, 1.54) is 0 Å². The molecule has 0 aromatic rings. The van der Waals surface area contributed by atoms with Crippen LogP contribution in [0.25, 0.3) is 0 Å². The van der Waals surface area contributed by atoms with Gasteiger partial charge in [-0.3, -0.25) is 14.4 Å². The third-order valence-electron chi connectivity index (χ3n) is 12.4. The summed E-state index contributed by atoms with van der Waals surface area (Å²) < 4.78 is 28.3. The van der Waals surface area contributed by atoms with Gasteiger partial charge in [-0.1, -0.05) is 205 Å². The molecule has 12 nitrogen and oxygen atoms in total. The van der Waals surface area contributed by atoms with E-state index in [1.807, 2.05) is 12.2 Å². The minimum Gasteiger partial charge on any atom is -0.479 e. The van der Waals surface area contributed by atoms with Crippen molar-refractivity contribution in [2.24, 2.45) is 0 Å². The first kappa shape index (κ1) is 71.6. The first-order valence-electron chi connectivity index (χ1n) is 29.8. The van der Waals surface area contributed by atoms with Crippen LogP contribution in [0, 0.1) is 0 Å². The predicted molar refractivity (Wildman–Crippen MR) is 321 cm³/mol. The van der Waals surface area contributed by atoms with E-state index < -0.39 is 67.3 Å². The number of carbonyl (C=O) groups is 4. The second-order valence-electron chi connectivity index (χ2n) is 19.5. The summed E-state index contributed by atoms with van der Waals surface area (Å²) in [5.74, 6) is -3.31. The molecule has 12 heteroatoms. The topological polar surface area (TPSA) is 175 Å². The van der Waals surface area contributed by atoms with Gasteiger partial charge in [0, 0.05) is 19.3 Å². The number of hydrogen-bond acceptors (Lipinski definition) is 11. The molecule has 1 saturated heterocycles. The van der Waals surface area contributed by atoms with Gasteiger partial charge in [0.05, 0.1) is 6.61 Å². The number of ether oxygens (including phenoxy) is 5. The van der Waals surface area contributed by atoms with Crippen molar-refractivity contribution in [3.05, 3.63) is 146 Å². The average Bonchev–Trinajstić information content (AvgIpc) is 3.46. The van der Waals surface area contributed by atoms with Crippen molar-refractivity contribution in [2.45, 2.75) is 237 Å². The Bertz CT molecular complexity index is 1930. The molecule has 1 aliphatic heterocycles. The number of aliphatic carboxylic acids is 1. The van der Waals surface area contributed by atoms with E-state index in [0.717, 1.165) is 135 Å². The molecule has 1 fully saturated rings. The summed E-state index contributed by atoms with van der Waals surface area (Å²) in [5, 5.41) is 31.5. The van der Waals surface area contributed by atoms with Gasteiger partial charge in [0.15, 0.2) is 24.6 Å². The van der Waals surface area contributed by atoms with Crippen LogP contribution < -0.4 is 0 Å². The Labute approximate surface area is 476 Å². The Hall–Kier alpha value is -5.40. The average molecular weight is 1100 g/mol. The van der Waals surface area contributed by atoms with Crippen molar-refractivity contribution in [1.29, 1.82) is 0 Å². The van der Waals surface area contributed by atoms with Crippen LogP contribution in [-0.2, 0) is 42.9 Å². The molecule has 6 unspecified atom stereocenters. The number of hydrogen-bond donors (Lipinski definition) is 3. The molecule has 0 aromatic heterocycles. The van der Waals surface area contributed by atoms with Crippen LogP contribution in [0.15, 0.2) is 146 Å². The second-order valence-corrected chi connectivity index (χ2v) is 19.5. The number of aliphatic hydroxyl groups is 2. The molecule has 1 aliphatic rings. The van der Waals surface area contributed by atoms with E-state index in [9.17, 15) is 34.5 Å². The molecule has 79 heavy (non-hydrogen) atoms. The number of unbranched alkanes of at least 4 members (excludes halogenated alkanes) is 10. The lowest BCUT2D eigenvalue weighted by Gasteiger charge is -2.40. The largest absolute Gasteiger partial charge is 0.479 e. The zero-order valence-electron chi connectivity index (χ0n) is 48.5. The van der Waals surface area contributed by atoms with E-state index in [2.05, 4.69) is 154 Å². The summed E-state index contributed by atoms with van der Waals surface area (Å²) in [4.78, 5) is 51.1. The molecule has 1 heterocycles. The van der Waals surface area contributed by atoms with Gasteiger partial charge in [0.25, 0.3) is 0 Å². The lowest BCUT2D eigenvalue weighted by molar-refractivity contribution is -0.301. The summed E-state index contributed by atoms with van der Waals surface area (Å²) in [6.45, 7) is 5.54. The quantitative estimate of drug-likeness (QED) is 0.0228. The molecule has 1 rings (SSSR count). The number of allylic oxidation sites excluding steroid dienone is 24. The molecular formula is C67H102O12. The van der Waals surface area contributed by atoms with Gasteiger partial charge in [0.2, 0.25) is 0 Å². The molecule has 0 aromatic carbocycles. The summed E-state index contributed by atoms with van der Waals surface area (Å²) >= 11 is 0. The summed E-state index contributed by atoms with van der Waals surface area (Å²) in [5.41, 5.74) is 0. The zero-order chi connectivity index (χ0) is 57.5. The van der Waals surface area contributed by atoms with Gasteiger partial charge in [-0.05, 0) is 122 Å². The van der Waals surface area contributed by atoms with Crippen molar-refractivity contribution < 1.29 is 58.2 Å². The van der Waals surface area contributed by atoms with Gasteiger partial charge in [-0.15, -0.1) is 0 Å².